The summed E-state index contributed by atoms with van der Waals surface area (Å²) in [6.07, 6.45) is 7.43. The van der Waals surface area contributed by atoms with Crippen LogP contribution in [0.3, 0.4) is 0 Å². The van der Waals surface area contributed by atoms with Crippen LogP contribution >= 0.6 is 0 Å². The van der Waals surface area contributed by atoms with E-state index < -0.39 is 0 Å². The van der Waals surface area contributed by atoms with Crippen LogP contribution in [0.1, 0.15) is 6.92 Å². The molecule has 0 radical (unpaired) electrons. The minimum Gasteiger partial charge on any atom is -0.330 e. The summed E-state index contributed by atoms with van der Waals surface area (Å²) in [5.41, 5.74) is 2.24. The van der Waals surface area contributed by atoms with E-state index in [1.165, 1.54) is 0 Å². The summed E-state index contributed by atoms with van der Waals surface area (Å²) < 4.78 is 2.18. The highest BCUT2D eigenvalue weighted by atomic mass is 15.0. The largest absolute Gasteiger partial charge is 0.330 e. The number of hydrogen-bond acceptors (Lipinski definition) is 3. The number of nitrogens with zero attached hydrogens (tertiary/aromatic N) is 3. The van der Waals surface area contributed by atoms with Gasteiger partial charge in [0.2, 0.25) is 0 Å². The summed E-state index contributed by atoms with van der Waals surface area (Å²) in [6.45, 7) is 4.19. The van der Waals surface area contributed by atoms with E-state index in [0.717, 1.165) is 24.3 Å². The molecule has 0 aromatic carbocycles. The highest BCUT2D eigenvalue weighted by Crippen LogP contribution is 2.18. The van der Waals surface area contributed by atoms with E-state index >= 15 is 0 Å². The Kier molecular flexibility index (Phi) is 3.88. The molecule has 4 nitrogen and oxygen atoms in total. The van der Waals surface area contributed by atoms with Gasteiger partial charge in [0.1, 0.15) is 0 Å². The van der Waals surface area contributed by atoms with Crippen LogP contribution in [0, 0.1) is 5.92 Å². The topological polar surface area (TPSA) is 42.7 Å². The Morgan fingerprint density at radius 1 is 1.35 bits per heavy atom. The fraction of sp³-hybridized carbons (Fsp3) is 0.385. The minimum atomic E-state index is 0.574. The molecule has 1 unspecified atom stereocenters. The van der Waals surface area contributed by atoms with E-state index in [2.05, 4.69) is 32.8 Å². The first-order chi connectivity index (χ1) is 8.31. The van der Waals surface area contributed by atoms with Crippen LogP contribution in [0.2, 0.25) is 0 Å². The number of aromatic nitrogens is 3. The lowest BCUT2D eigenvalue weighted by molar-refractivity contribution is 0.464. The molecule has 17 heavy (non-hydrogen) atoms. The molecule has 0 amide bonds. The predicted molar refractivity (Wildman–Crippen MR) is 68.5 cm³/mol. The minimum absolute atomic E-state index is 0.574. The Morgan fingerprint density at radius 3 is 2.94 bits per heavy atom. The van der Waals surface area contributed by atoms with Crippen LogP contribution in [0.25, 0.3) is 11.3 Å². The molecule has 2 heterocycles. The lowest BCUT2D eigenvalue weighted by Crippen LogP contribution is -2.20. The fourth-order valence-corrected chi connectivity index (χ4v) is 1.97. The second kappa shape index (κ2) is 5.59. The number of rotatable bonds is 5. The maximum absolute atomic E-state index is 4.23. The molecule has 90 valence electrons. The SMILES string of the molecule is CNCC(C)Cn1cncc1-c1cccnc1. The molecule has 0 bridgehead atoms. The van der Waals surface area contributed by atoms with Gasteiger partial charge in [-0.2, -0.15) is 0 Å². The van der Waals surface area contributed by atoms with Crippen LogP contribution in [0.4, 0.5) is 0 Å². The molecule has 2 rings (SSSR count). The van der Waals surface area contributed by atoms with Gasteiger partial charge in [0.05, 0.1) is 18.2 Å². The molecule has 0 saturated heterocycles. The Bertz CT molecular complexity index is 449. The van der Waals surface area contributed by atoms with E-state index in [9.17, 15) is 0 Å². The van der Waals surface area contributed by atoms with Crippen LogP contribution < -0.4 is 5.32 Å². The van der Waals surface area contributed by atoms with E-state index in [1.807, 2.05) is 31.8 Å². The third-order valence-electron chi connectivity index (χ3n) is 2.73. The lowest BCUT2D eigenvalue weighted by atomic mass is 10.1. The molecule has 4 heteroatoms. The third kappa shape index (κ3) is 2.91. The molecule has 0 saturated carbocycles. The molecule has 0 spiro atoms. The van der Waals surface area contributed by atoms with Gasteiger partial charge >= 0.3 is 0 Å². The van der Waals surface area contributed by atoms with Crippen LogP contribution in [-0.4, -0.2) is 28.1 Å². The molecular formula is C13H18N4. The van der Waals surface area contributed by atoms with Gasteiger partial charge in [0.25, 0.3) is 0 Å². The molecule has 0 aliphatic carbocycles. The molecule has 2 aromatic rings. The molecule has 0 aliphatic rings. The predicted octanol–water partition coefficient (Wildman–Crippen LogP) is 1.80. The molecule has 2 aromatic heterocycles. The number of nitrogens with one attached hydrogen (secondary N) is 1. The number of hydrogen-bond donors (Lipinski definition) is 1. The van der Waals surface area contributed by atoms with E-state index in [0.29, 0.717) is 5.92 Å². The van der Waals surface area contributed by atoms with Gasteiger partial charge in [-0.3, -0.25) is 4.98 Å². The zero-order valence-electron chi connectivity index (χ0n) is 10.3. The summed E-state index contributed by atoms with van der Waals surface area (Å²) in [6, 6.07) is 4.01. The molecule has 0 fully saturated rings. The molecule has 1 N–H and O–H groups in total. The van der Waals surface area contributed by atoms with Gasteiger partial charge in [-0.25, -0.2) is 4.98 Å². The van der Waals surface area contributed by atoms with Crippen molar-refractivity contribution in [2.75, 3.05) is 13.6 Å². The van der Waals surface area contributed by atoms with Gasteiger partial charge in [-0.15, -0.1) is 0 Å². The smallest absolute Gasteiger partial charge is 0.0951 e. The van der Waals surface area contributed by atoms with Crippen molar-refractivity contribution in [3.05, 3.63) is 37.1 Å². The van der Waals surface area contributed by atoms with E-state index in [-0.39, 0.29) is 0 Å². The number of pyridine rings is 1. The number of imidazole rings is 1. The van der Waals surface area contributed by atoms with E-state index in [4.69, 9.17) is 0 Å². The highest BCUT2D eigenvalue weighted by molar-refractivity contribution is 5.57. The summed E-state index contributed by atoms with van der Waals surface area (Å²) >= 11 is 0. The van der Waals surface area contributed by atoms with Gasteiger partial charge in [-0.1, -0.05) is 6.92 Å². The Morgan fingerprint density at radius 2 is 2.24 bits per heavy atom. The first-order valence-electron chi connectivity index (χ1n) is 5.86. The van der Waals surface area contributed by atoms with Crippen molar-refractivity contribution < 1.29 is 0 Å². The van der Waals surface area contributed by atoms with Crippen molar-refractivity contribution >= 4 is 0 Å². The third-order valence-corrected chi connectivity index (χ3v) is 2.73. The van der Waals surface area contributed by atoms with Gasteiger partial charge in [-0.05, 0) is 31.6 Å². The maximum atomic E-state index is 4.23. The van der Waals surface area contributed by atoms with Crippen molar-refractivity contribution in [1.29, 1.82) is 0 Å². The standard InChI is InChI=1S/C13H18N4/c1-11(6-14-2)9-17-10-16-8-13(17)12-4-3-5-15-7-12/h3-5,7-8,10-11,14H,6,9H2,1-2H3. The Labute approximate surface area is 102 Å². The van der Waals surface area contributed by atoms with Crippen molar-refractivity contribution in [2.24, 2.45) is 5.92 Å². The average Bonchev–Trinajstić information content (AvgIpc) is 2.78. The Hall–Kier alpha value is -1.68. The average molecular weight is 230 g/mol. The first kappa shape index (κ1) is 11.8. The zero-order valence-corrected chi connectivity index (χ0v) is 10.3. The zero-order chi connectivity index (χ0) is 12.1. The van der Waals surface area contributed by atoms with Crippen LogP contribution in [-0.2, 0) is 6.54 Å². The molecule has 1 atom stereocenters. The first-order valence-corrected chi connectivity index (χ1v) is 5.86. The maximum Gasteiger partial charge on any atom is 0.0951 e. The normalized spacial score (nSPS) is 12.6. The van der Waals surface area contributed by atoms with Gasteiger partial charge in [0.15, 0.2) is 0 Å². The van der Waals surface area contributed by atoms with Crippen molar-refractivity contribution in [3.8, 4) is 11.3 Å². The second-order valence-electron chi connectivity index (χ2n) is 4.34. The monoisotopic (exact) mass is 230 g/mol. The van der Waals surface area contributed by atoms with E-state index in [1.54, 1.807) is 6.20 Å². The van der Waals surface area contributed by atoms with Gasteiger partial charge < -0.3 is 9.88 Å². The summed E-state index contributed by atoms with van der Waals surface area (Å²) in [5.74, 6) is 0.574. The summed E-state index contributed by atoms with van der Waals surface area (Å²) in [5, 5.41) is 3.19. The molecule has 0 aliphatic heterocycles. The summed E-state index contributed by atoms with van der Waals surface area (Å²) in [4.78, 5) is 8.37. The second-order valence-corrected chi connectivity index (χ2v) is 4.34. The van der Waals surface area contributed by atoms with Crippen LogP contribution in [0.15, 0.2) is 37.1 Å². The quantitative estimate of drug-likeness (QED) is 0.851. The lowest BCUT2D eigenvalue weighted by Gasteiger charge is -2.14. The van der Waals surface area contributed by atoms with Crippen LogP contribution in [0.5, 0.6) is 0 Å². The van der Waals surface area contributed by atoms with Crippen molar-refractivity contribution in [2.45, 2.75) is 13.5 Å². The molecular weight excluding hydrogens is 212 g/mol. The Balaban J connectivity index is 2.18. The van der Waals surface area contributed by atoms with Crippen molar-refractivity contribution in [1.82, 2.24) is 19.9 Å². The highest BCUT2D eigenvalue weighted by Gasteiger charge is 2.08. The van der Waals surface area contributed by atoms with Gasteiger partial charge in [0, 0.05) is 24.5 Å². The fourth-order valence-electron chi connectivity index (χ4n) is 1.97. The van der Waals surface area contributed by atoms with Crippen molar-refractivity contribution in [3.63, 3.8) is 0 Å². The summed E-state index contributed by atoms with van der Waals surface area (Å²) in [7, 11) is 1.98.